The SMILES string of the molecule is Cc1cc(=O)n(NCc2cc(F)ccc2Cl)c(=O)n1CC(=O)NCc1ccccc1CNC(=O)O. The van der Waals surface area contributed by atoms with E-state index in [9.17, 15) is 23.6 Å². The van der Waals surface area contributed by atoms with Gasteiger partial charge >= 0.3 is 11.8 Å². The molecule has 4 N–H and O–H groups in total. The summed E-state index contributed by atoms with van der Waals surface area (Å²) in [5.74, 6) is -1.01. The molecule has 0 aliphatic rings. The van der Waals surface area contributed by atoms with Crippen molar-refractivity contribution >= 4 is 23.6 Å². The molecule has 0 saturated carbocycles. The maximum Gasteiger partial charge on any atom is 0.404 e. The maximum atomic E-state index is 13.5. The average molecular weight is 504 g/mol. The summed E-state index contributed by atoms with van der Waals surface area (Å²) in [5, 5.41) is 14.0. The molecule has 0 aliphatic carbocycles. The van der Waals surface area contributed by atoms with Crippen LogP contribution in [0.1, 0.15) is 22.4 Å². The van der Waals surface area contributed by atoms with E-state index in [1.165, 1.54) is 31.2 Å². The summed E-state index contributed by atoms with van der Waals surface area (Å²) in [5.41, 5.74) is 3.24. The normalized spacial score (nSPS) is 10.6. The Morgan fingerprint density at radius 1 is 0.971 bits per heavy atom. The van der Waals surface area contributed by atoms with Crippen LogP contribution in [0.4, 0.5) is 9.18 Å². The maximum absolute atomic E-state index is 13.5. The number of nitrogens with zero attached hydrogens (tertiary/aromatic N) is 2. The lowest BCUT2D eigenvalue weighted by Gasteiger charge is -2.15. The van der Waals surface area contributed by atoms with Gasteiger partial charge in [-0.2, -0.15) is 4.68 Å². The van der Waals surface area contributed by atoms with Crippen molar-refractivity contribution in [2.24, 2.45) is 0 Å². The van der Waals surface area contributed by atoms with Crippen molar-refractivity contribution in [1.29, 1.82) is 0 Å². The summed E-state index contributed by atoms with van der Waals surface area (Å²) < 4.78 is 15.3. The van der Waals surface area contributed by atoms with Crippen LogP contribution in [0.25, 0.3) is 0 Å². The molecule has 35 heavy (non-hydrogen) atoms. The van der Waals surface area contributed by atoms with Gasteiger partial charge in [0.15, 0.2) is 0 Å². The number of amides is 2. The van der Waals surface area contributed by atoms with Crippen molar-refractivity contribution in [3.63, 3.8) is 0 Å². The number of hydrogen-bond acceptors (Lipinski definition) is 5. The van der Waals surface area contributed by atoms with E-state index in [0.29, 0.717) is 16.7 Å². The smallest absolute Gasteiger partial charge is 0.404 e. The minimum absolute atomic E-state index is 0.0753. The number of nitrogens with one attached hydrogen (secondary N) is 3. The number of aromatic nitrogens is 2. The number of carbonyl (C=O) groups is 2. The molecule has 1 heterocycles. The van der Waals surface area contributed by atoms with Crippen molar-refractivity contribution in [3.8, 4) is 0 Å². The standard InChI is InChI=1S/C23H23ClFN5O5/c1-14-8-21(32)30(28-12-17-9-18(25)6-7-19(17)24)23(35)29(14)13-20(31)26-10-15-4-2-3-5-16(15)11-27-22(33)34/h2-9,27-28H,10-13H2,1H3,(H,26,31)(H,33,34). The van der Waals surface area contributed by atoms with Crippen LogP contribution in [0.5, 0.6) is 0 Å². The number of carbonyl (C=O) groups excluding carboxylic acids is 1. The zero-order valence-electron chi connectivity index (χ0n) is 18.7. The minimum Gasteiger partial charge on any atom is -0.465 e. The predicted molar refractivity (Wildman–Crippen MR) is 127 cm³/mol. The highest BCUT2D eigenvalue weighted by atomic mass is 35.5. The molecule has 0 spiro atoms. The molecule has 0 atom stereocenters. The lowest BCUT2D eigenvalue weighted by Crippen LogP contribution is -2.46. The Balaban J connectivity index is 1.72. The molecule has 3 aromatic rings. The largest absolute Gasteiger partial charge is 0.465 e. The Hall–Kier alpha value is -4.12. The highest BCUT2D eigenvalue weighted by Crippen LogP contribution is 2.16. The molecule has 2 aromatic carbocycles. The molecular formula is C23H23ClFN5O5. The van der Waals surface area contributed by atoms with E-state index in [1.807, 2.05) is 0 Å². The number of aryl methyl sites for hydroxylation is 1. The topological polar surface area (TPSA) is 134 Å². The molecule has 3 rings (SSSR count). The zero-order chi connectivity index (χ0) is 25.5. The number of halogens is 2. The molecular weight excluding hydrogens is 481 g/mol. The van der Waals surface area contributed by atoms with Crippen LogP contribution in [0.3, 0.4) is 0 Å². The highest BCUT2D eigenvalue weighted by molar-refractivity contribution is 6.31. The molecule has 2 amide bonds. The summed E-state index contributed by atoms with van der Waals surface area (Å²) >= 11 is 6.04. The van der Waals surface area contributed by atoms with Gasteiger partial charge in [0.1, 0.15) is 12.4 Å². The van der Waals surface area contributed by atoms with Crippen LogP contribution in [0.2, 0.25) is 5.02 Å². The number of hydrogen-bond donors (Lipinski definition) is 4. The van der Waals surface area contributed by atoms with Gasteiger partial charge in [-0.15, -0.1) is 0 Å². The molecule has 0 unspecified atom stereocenters. The highest BCUT2D eigenvalue weighted by Gasteiger charge is 2.13. The van der Waals surface area contributed by atoms with Crippen molar-refractivity contribution in [3.05, 3.63) is 103 Å². The third kappa shape index (κ3) is 6.70. The summed E-state index contributed by atoms with van der Waals surface area (Å²) in [6, 6.07) is 11.9. The van der Waals surface area contributed by atoms with Crippen molar-refractivity contribution < 1.29 is 19.1 Å². The van der Waals surface area contributed by atoms with Gasteiger partial charge < -0.3 is 21.2 Å². The third-order valence-corrected chi connectivity index (χ3v) is 5.53. The van der Waals surface area contributed by atoms with Crippen LogP contribution in [0.15, 0.2) is 58.1 Å². The van der Waals surface area contributed by atoms with Gasteiger partial charge in [0.25, 0.3) is 5.56 Å². The molecule has 0 bridgehead atoms. The van der Waals surface area contributed by atoms with E-state index < -0.39 is 29.1 Å². The second kappa shape index (κ2) is 11.3. The first kappa shape index (κ1) is 25.5. The van der Waals surface area contributed by atoms with E-state index in [-0.39, 0.29) is 36.9 Å². The van der Waals surface area contributed by atoms with Crippen LogP contribution in [0, 0.1) is 12.7 Å². The summed E-state index contributed by atoms with van der Waals surface area (Å²) in [7, 11) is 0. The molecule has 0 saturated heterocycles. The van der Waals surface area contributed by atoms with E-state index in [1.54, 1.807) is 24.3 Å². The lowest BCUT2D eigenvalue weighted by molar-refractivity contribution is -0.121. The van der Waals surface area contributed by atoms with Crippen LogP contribution in [-0.4, -0.2) is 26.4 Å². The molecule has 0 aliphatic heterocycles. The first-order valence-corrected chi connectivity index (χ1v) is 10.8. The third-order valence-electron chi connectivity index (χ3n) is 5.16. The lowest BCUT2D eigenvalue weighted by atomic mass is 10.1. The van der Waals surface area contributed by atoms with Gasteiger partial charge in [0.2, 0.25) is 5.91 Å². The molecule has 0 fully saturated rings. The van der Waals surface area contributed by atoms with E-state index >= 15 is 0 Å². The number of carboxylic acid groups (broad SMARTS) is 1. The fraction of sp³-hybridized carbons (Fsp3) is 0.217. The van der Waals surface area contributed by atoms with Crippen LogP contribution < -0.4 is 27.3 Å². The second-order valence-corrected chi connectivity index (χ2v) is 8.01. The van der Waals surface area contributed by atoms with Crippen molar-refractivity contribution in [2.45, 2.75) is 33.1 Å². The van der Waals surface area contributed by atoms with Crippen LogP contribution in [-0.2, 0) is 31.0 Å². The van der Waals surface area contributed by atoms with Gasteiger partial charge in [-0.25, -0.2) is 14.0 Å². The predicted octanol–water partition coefficient (Wildman–Crippen LogP) is 1.94. The summed E-state index contributed by atoms with van der Waals surface area (Å²) in [4.78, 5) is 48.6. The molecule has 10 nitrogen and oxygen atoms in total. The van der Waals surface area contributed by atoms with Gasteiger partial charge in [-0.1, -0.05) is 35.9 Å². The molecule has 184 valence electrons. The van der Waals surface area contributed by atoms with Crippen LogP contribution >= 0.6 is 11.6 Å². The van der Waals surface area contributed by atoms with Gasteiger partial charge in [0, 0.05) is 29.9 Å². The minimum atomic E-state index is -1.16. The second-order valence-electron chi connectivity index (χ2n) is 7.60. The van der Waals surface area contributed by atoms with E-state index in [0.717, 1.165) is 9.24 Å². The Bertz CT molecular complexity index is 1370. The Labute approximate surface area is 203 Å². The zero-order valence-corrected chi connectivity index (χ0v) is 19.4. The Kier molecular flexibility index (Phi) is 8.26. The molecule has 0 radical (unpaired) electrons. The van der Waals surface area contributed by atoms with Crippen molar-refractivity contribution in [2.75, 3.05) is 5.43 Å². The Morgan fingerprint density at radius 3 is 2.29 bits per heavy atom. The van der Waals surface area contributed by atoms with Gasteiger partial charge in [-0.3, -0.25) is 14.2 Å². The molecule has 1 aromatic heterocycles. The fourth-order valence-corrected chi connectivity index (χ4v) is 3.52. The fourth-order valence-electron chi connectivity index (χ4n) is 3.33. The van der Waals surface area contributed by atoms with E-state index in [2.05, 4.69) is 16.1 Å². The summed E-state index contributed by atoms with van der Waals surface area (Å²) in [6.07, 6.45) is -1.16. The van der Waals surface area contributed by atoms with E-state index in [4.69, 9.17) is 16.7 Å². The average Bonchev–Trinajstić information content (AvgIpc) is 2.81. The quantitative estimate of drug-likeness (QED) is 0.352. The first-order valence-electron chi connectivity index (χ1n) is 10.5. The van der Waals surface area contributed by atoms with Crippen molar-refractivity contribution in [1.82, 2.24) is 19.9 Å². The molecule has 12 heteroatoms. The van der Waals surface area contributed by atoms with Gasteiger partial charge in [-0.05, 0) is 41.8 Å². The monoisotopic (exact) mass is 503 g/mol. The Morgan fingerprint density at radius 2 is 1.63 bits per heavy atom. The number of rotatable bonds is 9. The first-order chi connectivity index (χ1) is 16.7. The summed E-state index contributed by atoms with van der Waals surface area (Å²) in [6.45, 7) is 1.26. The number of benzene rings is 2. The van der Waals surface area contributed by atoms with Gasteiger partial charge in [0.05, 0.1) is 6.54 Å².